The molecule has 0 aliphatic carbocycles. The van der Waals surface area contributed by atoms with E-state index in [1.54, 1.807) is 0 Å². The molecule has 2 nitrogen and oxygen atoms in total. The molecule has 3 heteroatoms. The summed E-state index contributed by atoms with van der Waals surface area (Å²) in [6.07, 6.45) is 1.25. The van der Waals surface area contributed by atoms with Crippen molar-refractivity contribution in [3.05, 3.63) is 34.3 Å². The van der Waals surface area contributed by atoms with E-state index in [1.807, 2.05) is 0 Å². The van der Waals surface area contributed by atoms with Crippen LogP contribution in [0.5, 0.6) is 0 Å². The molecule has 0 aromatic heterocycles. The van der Waals surface area contributed by atoms with Gasteiger partial charge in [0, 0.05) is 29.0 Å². The van der Waals surface area contributed by atoms with Crippen LogP contribution in [0.25, 0.3) is 0 Å². The zero-order valence-electron chi connectivity index (χ0n) is 10.6. The van der Waals surface area contributed by atoms with Crippen molar-refractivity contribution in [3.8, 4) is 0 Å². The fourth-order valence-electron chi connectivity index (χ4n) is 2.23. The van der Waals surface area contributed by atoms with E-state index in [-0.39, 0.29) is 5.41 Å². The van der Waals surface area contributed by atoms with E-state index in [9.17, 15) is 0 Å². The van der Waals surface area contributed by atoms with Gasteiger partial charge in [-0.1, -0.05) is 41.9 Å². The highest BCUT2D eigenvalue weighted by molar-refractivity contribution is 9.10. The standard InChI is InChI=1S/C14H21BrN2/c1-14(2,10-17-13-7-8-16-9-13)11-3-5-12(15)6-4-11/h3-6,13,16-17H,7-10H2,1-2H3. The maximum atomic E-state index is 3.66. The second kappa shape index (κ2) is 5.51. The summed E-state index contributed by atoms with van der Waals surface area (Å²) in [6.45, 7) is 7.88. The zero-order valence-corrected chi connectivity index (χ0v) is 12.2. The van der Waals surface area contributed by atoms with E-state index in [0.29, 0.717) is 6.04 Å². The van der Waals surface area contributed by atoms with Crippen molar-refractivity contribution in [3.63, 3.8) is 0 Å². The van der Waals surface area contributed by atoms with Crippen LogP contribution in [0.1, 0.15) is 25.8 Å². The number of nitrogens with one attached hydrogen (secondary N) is 2. The number of hydrogen-bond donors (Lipinski definition) is 2. The molecular formula is C14H21BrN2. The highest BCUT2D eigenvalue weighted by Crippen LogP contribution is 2.24. The lowest BCUT2D eigenvalue weighted by Gasteiger charge is -2.27. The Hall–Kier alpha value is -0.380. The van der Waals surface area contributed by atoms with Gasteiger partial charge in [-0.2, -0.15) is 0 Å². The molecule has 17 heavy (non-hydrogen) atoms. The molecule has 0 saturated carbocycles. The van der Waals surface area contributed by atoms with Crippen LogP contribution in [0.15, 0.2) is 28.7 Å². The van der Waals surface area contributed by atoms with Gasteiger partial charge in [-0.25, -0.2) is 0 Å². The predicted molar refractivity (Wildman–Crippen MR) is 76.4 cm³/mol. The minimum absolute atomic E-state index is 0.184. The van der Waals surface area contributed by atoms with Gasteiger partial charge in [0.05, 0.1) is 0 Å². The largest absolute Gasteiger partial charge is 0.315 e. The van der Waals surface area contributed by atoms with E-state index in [2.05, 4.69) is 64.7 Å². The lowest BCUT2D eigenvalue weighted by molar-refractivity contribution is 0.428. The molecule has 0 spiro atoms. The van der Waals surface area contributed by atoms with Crippen molar-refractivity contribution in [2.24, 2.45) is 0 Å². The van der Waals surface area contributed by atoms with Crippen LogP contribution < -0.4 is 10.6 Å². The molecule has 1 aromatic rings. The van der Waals surface area contributed by atoms with Gasteiger partial charge in [0.2, 0.25) is 0 Å². The van der Waals surface area contributed by atoms with Crippen molar-refractivity contribution in [1.29, 1.82) is 0 Å². The topological polar surface area (TPSA) is 24.1 Å². The summed E-state index contributed by atoms with van der Waals surface area (Å²) in [5, 5.41) is 7.05. The van der Waals surface area contributed by atoms with E-state index in [1.165, 1.54) is 12.0 Å². The molecule has 1 aromatic carbocycles. The molecule has 1 fully saturated rings. The zero-order chi connectivity index (χ0) is 12.3. The lowest BCUT2D eigenvalue weighted by atomic mass is 9.84. The summed E-state index contributed by atoms with van der Waals surface area (Å²) in [7, 11) is 0. The molecule has 94 valence electrons. The Morgan fingerprint density at radius 3 is 2.65 bits per heavy atom. The Morgan fingerprint density at radius 2 is 2.06 bits per heavy atom. The van der Waals surface area contributed by atoms with Crippen LogP contribution >= 0.6 is 15.9 Å². The van der Waals surface area contributed by atoms with Gasteiger partial charge in [0.1, 0.15) is 0 Å². The monoisotopic (exact) mass is 296 g/mol. The first kappa shape index (κ1) is 13.1. The van der Waals surface area contributed by atoms with Gasteiger partial charge in [-0.15, -0.1) is 0 Å². The summed E-state index contributed by atoms with van der Waals surface area (Å²) in [4.78, 5) is 0. The molecule has 0 radical (unpaired) electrons. The number of benzene rings is 1. The Morgan fingerprint density at radius 1 is 1.35 bits per heavy atom. The average molecular weight is 297 g/mol. The Bertz CT molecular complexity index is 353. The Balaban J connectivity index is 1.94. The molecule has 2 N–H and O–H groups in total. The molecule has 1 unspecified atom stereocenters. The molecule has 1 heterocycles. The van der Waals surface area contributed by atoms with Gasteiger partial charge in [-0.05, 0) is 30.7 Å². The Kier molecular flexibility index (Phi) is 4.23. The maximum Gasteiger partial charge on any atom is 0.0204 e. The lowest BCUT2D eigenvalue weighted by Crippen LogP contribution is -2.40. The quantitative estimate of drug-likeness (QED) is 0.893. The molecule has 1 atom stereocenters. The fourth-order valence-corrected chi connectivity index (χ4v) is 2.50. The van der Waals surface area contributed by atoms with Crippen molar-refractivity contribution in [2.45, 2.75) is 31.7 Å². The normalized spacial score (nSPS) is 20.8. The second-order valence-electron chi connectivity index (χ2n) is 5.46. The number of hydrogen-bond acceptors (Lipinski definition) is 2. The first-order valence-corrected chi connectivity index (χ1v) is 7.07. The molecule has 0 bridgehead atoms. The Labute approximate surface area is 112 Å². The van der Waals surface area contributed by atoms with Crippen molar-refractivity contribution in [1.82, 2.24) is 10.6 Å². The number of rotatable bonds is 4. The van der Waals surface area contributed by atoms with Crippen LogP contribution in [-0.4, -0.2) is 25.7 Å². The summed E-state index contributed by atoms with van der Waals surface area (Å²) in [5.74, 6) is 0. The van der Waals surface area contributed by atoms with E-state index >= 15 is 0 Å². The molecule has 0 amide bonds. The van der Waals surface area contributed by atoms with E-state index in [0.717, 1.165) is 24.1 Å². The van der Waals surface area contributed by atoms with E-state index in [4.69, 9.17) is 0 Å². The smallest absolute Gasteiger partial charge is 0.0204 e. The van der Waals surface area contributed by atoms with Gasteiger partial charge < -0.3 is 10.6 Å². The maximum absolute atomic E-state index is 3.66. The fraction of sp³-hybridized carbons (Fsp3) is 0.571. The molecule has 1 saturated heterocycles. The first-order chi connectivity index (χ1) is 8.08. The van der Waals surface area contributed by atoms with Crippen molar-refractivity contribution < 1.29 is 0 Å². The van der Waals surface area contributed by atoms with Crippen LogP contribution in [-0.2, 0) is 5.41 Å². The summed E-state index contributed by atoms with van der Waals surface area (Å²) in [6, 6.07) is 9.30. The summed E-state index contributed by atoms with van der Waals surface area (Å²) < 4.78 is 1.14. The highest BCUT2D eigenvalue weighted by Gasteiger charge is 2.23. The SMILES string of the molecule is CC(C)(CNC1CCNC1)c1ccc(Br)cc1. The molecule has 1 aliphatic rings. The first-order valence-electron chi connectivity index (χ1n) is 6.28. The molecule has 2 rings (SSSR count). The van der Waals surface area contributed by atoms with E-state index < -0.39 is 0 Å². The van der Waals surface area contributed by atoms with Crippen molar-refractivity contribution >= 4 is 15.9 Å². The third-order valence-corrected chi connectivity index (χ3v) is 4.05. The van der Waals surface area contributed by atoms with Crippen LogP contribution in [0.2, 0.25) is 0 Å². The summed E-state index contributed by atoms with van der Waals surface area (Å²) >= 11 is 3.48. The predicted octanol–water partition coefficient (Wildman–Crippen LogP) is 2.68. The van der Waals surface area contributed by atoms with Crippen LogP contribution in [0, 0.1) is 0 Å². The van der Waals surface area contributed by atoms with Crippen LogP contribution in [0.4, 0.5) is 0 Å². The molecular weight excluding hydrogens is 276 g/mol. The third-order valence-electron chi connectivity index (χ3n) is 3.52. The average Bonchev–Trinajstić information content (AvgIpc) is 2.80. The molecule has 1 aliphatic heterocycles. The highest BCUT2D eigenvalue weighted by atomic mass is 79.9. The second-order valence-corrected chi connectivity index (χ2v) is 6.38. The van der Waals surface area contributed by atoms with Crippen LogP contribution in [0.3, 0.4) is 0 Å². The van der Waals surface area contributed by atoms with Crippen molar-refractivity contribution in [2.75, 3.05) is 19.6 Å². The van der Waals surface area contributed by atoms with Gasteiger partial charge >= 0.3 is 0 Å². The minimum Gasteiger partial charge on any atom is -0.315 e. The number of halogens is 1. The summed E-state index contributed by atoms with van der Waals surface area (Å²) in [5.41, 5.74) is 1.57. The van der Waals surface area contributed by atoms with Gasteiger partial charge in [0.25, 0.3) is 0 Å². The third kappa shape index (κ3) is 3.54. The van der Waals surface area contributed by atoms with Gasteiger partial charge in [0.15, 0.2) is 0 Å². The minimum atomic E-state index is 0.184. The van der Waals surface area contributed by atoms with Gasteiger partial charge in [-0.3, -0.25) is 0 Å².